The smallest absolute Gasteiger partial charge is 0.321 e. The summed E-state index contributed by atoms with van der Waals surface area (Å²) in [5.74, 6) is -0.600. The van der Waals surface area contributed by atoms with E-state index in [-0.39, 0.29) is 12.5 Å². The molecule has 0 radical (unpaired) electrons. The zero-order valence-corrected chi connectivity index (χ0v) is 14.3. The Morgan fingerprint density at radius 3 is 2.58 bits per heavy atom. The number of amides is 4. The van der Waals surface area contributed by atoms with Crippen LogP contribution in [0.1, 0.15) is 30.1 Å². The van der Waals surface area contributed by atoms with E-state index < -0.39 is 11.9 Å². The molecule has 2 rings (SSSR count). The van der Waals surface area contributed by atoms with Crippen LogP contribution in [0.15, 0.2) is 18.2 Å². The summed E-state index contributed by atoms with van der Waals surface area (Å²) < 4.78 is 0. The maximum Gasteiger partial charge on any atom is 0.321 e. The molecule has 1 heterocycles. The highest BCUT2D eigenvalue weighted by Gasteiger charge is 2.22. The molecule has 8 heteroatoms. The third kappa shape index (κ3) is 4.86. The number of benzene rings is 1. The summed E-state index contributed by atoms with van der Waals surface area (Å²) in [6.07, 6.45) is 1.98. The Morgan fingerprint density at radius 2 is 1.92 bits per heavy atom. The molecule has 0 spiro atoms. The van der Waals surface area contributed by atoms with Crippen molar-refractivity contribution in [1.82, 2.24) is 15.5 Å². The fourth-order valence-electron chi connectivity index (χ4n) is 2.49. The van der Waals surface area contributed by atoms with Gasteiger partial charge < -0.3 is 15.5 Å². The number of carbonyl (C=O) groups is 3. The first-order valence-electron chi connectivity index (χ1n) is 7.91. The largest absolute Gasteiger partial charge is 0.375 e. The van der Waals surface area contributed by atoms with Gasteiger partial charge in [-0.15, -0.1) is 0 Å². The molecule has 24 heavy (non-hydrogen) atoms. The van der Waals surface area contributed by atoms with Crippen LogP contribution in [0.5, 0.6) is 0 Å². The molecule has 1 aliphatic heterocycles. The van der Waals surface area contributed by atoms with Gasteiger partial charge in [0.05, 0.1) is 12.1 Å². The predicted molar refractivity (Wildman–Crippen MR) is 92.3 cm³/mol. The Bertz CT molecular complexity index is 630. The average Bonchev–Trinajstić information content (AvgIpc) is 3.07. The molecular formula is C16H21ClN4O3. The van der Waals surface area contributed by atoms with Crippen LogP contribution in [0.4, 0.5) is 10.5 Å². The molecule has 0 bridgehead atoms. The molecule has 130 valence electrons. The second-order valence-electron chi connectivity index (χ2n) is 5.45. The Labute approximate surface area is 145 Å². The predicted octanol–water partition coefficient (Wildman–Crippen LogP) is 1.83. The van der Waals surface area contributed by atoms with Crippen molar-refractivity contribution in [2.24, 2.45) is 0 Å². The summed E-state index contributed by atoms with van der Waals surface area (Å²) in [5.41, 5.74) is 0.942. The molecule has 3 N–H and O–H groups in total. The molecule has 0 unspecified atom stereocenters. The fraction of sp³-hybridized carbons (Fsp3) is 0.438. The van der Waals surface area contributed by atoms with Crippen molar-refractivity contribution in [3.63, 3.8) is 0 Å². The number of hydrogen-bond acceptors (Lipinski definition) is 4. The van der Waals surface area contributed by atoms with Crippen LogP contribution in [-0.4, -0.2) is 48.9 Å². The van der Waals surface area contributed by atoms with Crippen molar-refractivity contribution < 1.29 is 14.4 Å². The van der Waals surface area contributed by atoms with Gasteiger partial charge in [0.15, 0.2) is 0 Å². The van der Waals surface area contributed by atoms with Crippen LogP contribution in [0, 0.1) is 0 Å². The lowest BCUT2D eigenvalue weighted by molar-refractivity contribution is -0.118. The quantitative estimate of drug-likeness (QED) is 0.754. The first kappa shape index (κ1) is 18.1. The number of imide groups is 1. The zero-order valence-electron chi connectivity index (χ0n) is 13.5. The zero-order chi connectivity index (χ0) is 17.5. The Kier molecular flexibility index (Phi) is 6.43. The maximum atomic E-state index is 12.6. The Hall–Kier alpha value is -2.28. The van der Waals surface area contributed by atoms with E-state index in [0.717, 1.165) is 25.9 Å². The number of likely N-dealkylation sites (tertiary alicyclic amines) is 1. The summed E-state index contributed by atoms with van der Waals surface area (Å²) in [5, 5.41) is 8.01. The monoisotopic (exact) mass is 352 g/mol. The lowest BCUT2D eigenvalue weighted by Crippen LogP contribution is -2.42. The van der Waals surface area contributed by atoms with E-state index in [9.17, 15) is 14.4 Å². The Balaban J connectivity index is 2.03. The van der Waals surface area contributed by atoms with Gasteiger partial charge in [0.25, 0.3) is 5.91 Å². The van der Waals surface area contributed by atoms with Crippen LogP contribution in [0.2, 0.25) is 5.02 Å². The molecule has 1 aromatic carbocycles. The van der Waals surface area contributed by atoms with Gasteiger partial charge in [-0.05, 0) is 38.0 Å². The van der Waals surface area contributed by atoms with Crippen LogP contribution in [-0.2, 0) is 4.79 Å². The topological polar surface area (TPSA) is 90.5 Å². The number of carbonyl (C=O) groups excluding carboxylic acids is 3. The van der Waals surface area contributed by atoms with Gasteiger partial charge in [0.1, 0.15) is 0 Å². The summed E-state index contributed by atoms with van der Waals surface area (Å²) >= 11 is 6.00. The van der Waals surface area contributed by atoms with Crippen molar-refractivity contribution in [3.8, 4) is 0 Å². The first-order chi connectivity index (χ1) is 11.5. The van der Waals surface area contributed by atoms with Crippen molar-refractivity contribution in [1.29, 1.82) is 0 Å². The second-order valence-corrected chi connectivity index (χ2v) is 5.89. The number of rotatable bonds is 5. The van der Waals surface area contributed by atoms with E-state index in [4.69, 9.17) is 11.6 Å². The maximum absolute atomic E-state index is 12.6. The highest BCUT2D eigenvalue weighted by Crippen LogP contribution is 2.23. The summed E-state index contributed by atoms with van der Waals surface area (Å²) in [7, 11) is 0. The number of halogens is 1. The minimum Gasteiger partial charge on any atom is -0.375 e. The van der Waals surface area contributed by atoms with Crippen molar-refractivity contribution in [2.75, 3.05) is 31.5 Å². The van der Waals surface area contributed by atoms with Crippen molar-refractivity contribution in [2.45, 2.75) is 19.8 Å². The van der Waals surface area contributed by atoms with Gasteiger partial charge in [0, 0.05) is 30.3 Å². The summed E-state index contributed by atoms with van der Waals surface area (Å²) in [4.78, 5) is 37.4. The van der Waals surface area contributed by atoms with E-state index in [1.807, 2.05) is 0 Å². The molecule has 1 saturated heterocycles. The van der Waals surface area contributed by atoms with Crippen LogP contribution in [0.3, 0.4) is 0 Å². The van der Waals surface area contributed by atoms with E-state index in [1.165, 1.54) is 0 Å². The molecule has 4 amide bonds. The number of urea groups is 1. The fourth-order valence-corrected chi connectivity index (χ4v) is 2.66. The number of nitrogens with one attached hydrogen (secondary N) is 3. The van der Waals surface area contributed by atoms with E-state index >= 15 is 0 Å². The highest BCUT2D eigenvalue weighted by atomic mass is 35.5. The van der Waals surface area contributed by atoms with Crippen molar-refractivity contribution in [3.05, 3.63) is 28.8 Å². The van der Waals surface area contributed by atoms with Crippen molar-refractivity contribution >= 4 is 35.1 Å². The second kappa shape index (κ2) is 8.54. The van der Waals surface area contributed by atoms with Crippen LogP contribution >= 0.6 is 11.6 Å². The molecule has 0 aromatic heterocycles. The molecule has 0 atom stereocenters. The van der Waals surface area contributed by atoms with Gasteiger partial charge in [-0.3, -0.25) is 14.9 Å². The third-order valence-electron chi connectivity index (χ3n) is 3.63. The van der Waals surface area contributed by atoms with Crippen LogP contribution < -0.4 is 16.0 Å². The number of hydrogen-bond donors (Lipinski definition) is 3. The van der Waals surface area contributed by atoms with E-state index in [2.05, 4.69) is 16.0 Å². The summed E-state index contributed by atoms with van der Waals surface area (Å²) in [6.45, 7) is 3.51. The standard InChI is InChI=1S/C16H21ClN4O3/c1-2-18-16(24)20-14(22)10-19-13-6-5-11(17)9-12(13)15(23)21-7-3-4-8-21/h5-6,9,19H,2-4,7-8,10H2,1H3,(H2,18,20,22,24). The molecule has 1 fully saturated rings. The van der Waals surface area contributed by atoms with Gasteiger partial charge in [0.2, 0.25) is 5.91 Å². The SMILES string of the molecule is CCNC(=O)NC(=O)CNc1ccc(Cl)cc1C(=O)N1CCCC1. The molecule has 0 saturated carbocycles. The molecule has 1 aromatic rings. The normalized spacial score (nSPS) is 13.5. The van der Waals surface area contributed by atoms with Gasteiger partial charge >= 0.3 is 6.03 Å². The first-order valence-corrected chi connectivity index (χ1v) is 8.29. The van der Waals surface area contributed by atoms with E-state index in [1.54, 1.807) is 30.0 Å². The van der Waals surface area contributed by atoms with Crippen LogP contribution in [0.25, 0.3) is 0 Å². The highest BCUT2D eigenvalue weighted by molar-refractivity contribution is 6.31. The minimum absolute atomic E-state index is 0.110. The minimum atomic E-state index is -0.547. The lowest BCUT2D eigenvalue weighted by Gasteiger charge is -2.18. The molecule has 1 aliphatic rings. The van der Waals surface area contributed by atoms with E-state index in [0.29, 0.717) is 22.8 Å². The molecular weight excluding hydrogens is 332 g/mol. The summed E-state index contributed by atoms with van der Waals surface area (Å²) in [6, 6.07) is 4.35. The third-order valence-corrected chi connectivity index (χ3v) is 3.87. The molecule has 0 aliphatic carbocycles. The average molecular weight is 353 g/mol. The molecule has 7 nitrogen and oxygen atoms in total. The van der Waals surface area contributed by atoms with Gasteiger partial charge in [-0.25, -0.2) is 4.79 Å². The number of nitrogens with zero attached hydrogens (tertiary/aromatic N) is 1. The van der Waals surface area contributed by atoms with Gasteiger partial charge in [-0.2, -0.15) is 0 Å². The Morgan fingerprint density at radius 1 is 1.21 bits per heavy atom. The number of anilines is 1. The lowest BCUT2D eigenvalue weighted by atomic mass is 10.1. The van der Waals surface area contributed by atoms with Gasteiger partial charge in [-0.1, -0.05) is 11.6 Å².